The van der Waals surface area contributed by atoms with Gasteiger partial charge in [0.2, 0.25) is 0 Å². The van der Waals surface area contributed by atoms with E-state index in [4.69, 9.17) is 4.74 Å². The van der Waals surface area contributed by atoms with E-state index < -0.39 is 0 Å². The Hall–Kier alpha value is -0.0800. The van der Waals surface area contributed by atoms with Gasteiger partial charge in [0.25, 0.3) is 0 Å². The molecule has 2 nitrogen and oxygen atoms in total. The van der Waals surface area contributed by atoms with Crippen LogP contribution in [0.2, 0.25) is 0 Å². The fourth-order valence-electron chi connectivity index (χ4n) is 4.34. The van der Waals surface area contributed by atoms with Crippen molar-refractivity contribution in [1.82, 2.24) is 0 Å². The van der Waals surface area contributed by atoms with E-state index in [0.29, 0.717) is 12.2 Å². The van der Waals surface area contributed by atoms with Crippen molar-refractivity contribution in [3.05, 3.63) is 0 Å². The molecule has 3 aliphatic carbocycles. The largest absolute Gasteiger partial charge is 0.392 e. The Balaban J connectivity index is 1.58. The van der Waals surface area contributed by atoms with Crippen molar-refractivity contribution < 1.29 is 9.84 Å². The van der Waals surface area contributed by atoms with Crippen LogP contribution in [-0.2, 0) is 4.74 Å². The van der Waals surface area contributed by atoms with Crippen molar-refractivity contribution in [2.45, 2.75) is 83.0 Å². The van der Waals surface area contributed by atoms with Gasteiger partial charge in [-0.3, -0.25) is 0 Å². The third-order valence-electron chi connectivity index (χ3n) is 5.52. The summed E-state index contributed by atoms with van der Waals surface area (Å²) < 4.78 is 6.35. The van der Waals surface area contributed by atoms with E-state index in [0.717, 1.165) is 12.3 Å². The minimum absolute atomic E-state index is 0.0731. The van der Waals surface area contributed by atoms with Gasteiger partial charge in [0.05, 0.1) is 18.3 Å². The van der Waals surface area contributed by atoms with E-state index >= 15 is 0 Å². The number of ether oxygens (including phenoxy) is 1. The highest BCUT2D eigenvalue weighted by Gasteiger charge is 2.56. The summed E-state index contributed by atoms with van der Waals surface area (Å²) in [6.45, 7) is 2.34. The lowest BCUT2D eigenvalue weighted by Gasteiger charge is -2.52. The van der Waals surface area contributed by atoms with E-state index in [1.807, 2.05) is 0 Å². The number of hydrogen-bond acceptors (Lipinski definition) is 2. The summed E-state index contributed by atoms with van der Waals surface area (Å²) in [5.41, 5.74) is 0.167. The predicted octanol–water partition coefficient (Wildman–Crippen LogP) is 3.28. The summed E-state index contributed by atoms with van der Waals surface area (Å²) in [5.74, 6) is 0.832. The Kier molecular flexibility index (Phi) is 3.20. The maximum atomic E-state index is 10.1. The van der Waals surface area contributed by atoms with Gasteiger partial charge in [0.1, 0.15) is 0 Å². The van der Waals surface area contributed by atoms with Gasteiger partial charge in [0, 0.05) is 11.8 Å². The topological polar surface area (TPSA) is 29.5 Å². The summed E-state index contributed by atoms with van der Waals surface area (Å²) in [5, 5.41) is 10.1. The molecule has 3 fully saturated rings. The van der Waals surface area contributed by atoms with E-state index in [2.05, 4.69) is 6.92 Å². The van der Waals surface area contributed by atoms with Crippen LogP contribution in [-0.4, -0.2) is 23.4 Å². The predicted molar refractivity (Wildman–Crippen MR) is 67.8 cm³/mol. The van der Waals surface area contributed by atoms with Crippen LogP contribution in [0.3, 0.4) is 0 Å². The summed E-state index contributed by atoms with van der Waals surface area (Å²) in [7, 11) is 0. The molecule has 0 saturated heterocycles. The molecule has 98 valence electrons. The van der Waals surface area contributed by atoms with E-state index in [-0.39, 0.29) is 11.5 Å². The first kappa shape index (κ1) is 12.0. The number of hydrogen-bond donors (Lipinski definition) is 1. The number of aliphatic hydroxyl groups excluding tert-OH is 1. The summed E-state index contributed by atoms with van der Waals surface area (Å²) in [4.78, 5) is 0. The van der Waals surface area contributed by atoms with Gasteiger partial charge in [-0.2, -0.15) is 0 Å². The number of rotatable bonds is 2. The summed E-state index contributed by atoms with van der Waals surface area (Å²) in [6, 6.07) is 0. The van der Waals surface area contributed by atoms with Crippen molar-refractivity contribution in [3.63, 3.8) is 0 Å². The third-order valence-corrected chi connectivity index (χ3v) is 5.52. The minimum Gasteiger partial charge on any atom is -0.392 e. The van der Waals surface area contributed by atoms with Crippen molar-refractivity contribution in [3.8, 4) is 0 Å². The fraction of sp³-hybridized carbons (Fsp3) is 1.00. The first-order valence-corrected chi connectivity index (χ1v) is 7.54. The molecule has 3 saturated carbocycles. The lowest BCUT2D eigenvalue weighted by molar-refractivity contribution is -0.213. The van der Waals surface area contributed by atoms with Gasteiger partial charge in [-0.1, -0.05) is 32.6 Å². The van der Waals surface area contributed by atoms with Gasteiger partial charge in [0.15, 0.2) is 0 Å². The van der Waals surface area contributed by atoms with Crippen molar-refractivity contribution in [2.24, 2.45) is 11.3 Å². The Morgan fingerprint density at radius 3 is 2.47 bits per heavy atom. The second-order valence-corrected chi connectivity index (χ2v) is 6.71. The van der Waals surface area contributed by atoms with E-state index in [1.165, 1.54) is 51.4 Å². The summed E-state index contributed by atoms with van der Waals surface area (Å²) >= 11 is 0. The van der Waals surface area contributed by atoms with Crippen LogP contribution >= 0.6 is 0 Å². The molecule has 0 aliphatic heterocycles. The van der Waals surface area contributed by atoms with E-state index in [1.54, 1.807) is 0 Å². The quantitative estimate of drug-likeness (QED) is 0.800. The Morgan fingerprint density at radius 2 is 1.82 bits per heavy atom. The average molecular weight is 238 g/mol. The molecule has 2 heteroatoms. The first-order valence-electron chi connectivity index (χ1n) is 7.54. The van der Waals surface area contributed by atoms with Gasteiger partial charge >= 0.3 is 0 Å². The standard InChI is InChI=1S/C15H26O2/c1-11-5-4-6-12(9-11)17-14-10-13(16)15(14)7-2-3-8-15/h11-14,16H,2-10H2,1H3. The highest BCUT2D eigenvalue weighted by atomic mass is 16.5. The zero-order valence-electron chi connectivity index (χ0n) is 11.0. The monoisotopic (exact) mass is 238 g/mol. The van der Waals surface area contributed by atoms with Gasteiger partial charge in [-0.05, 0) is 31.6 Å². The Labute approximate surface area is 105 Å². The van der Waals surface area contributed by atoms with Crippen LogP contribution < -0.4 is 0 Å². The normalized spacial score (nSPS) is 44.8. The average Bonchev–Trinajstić information content (AvgIpc) is 2.80. The molecule has 0 bridgehead atoms. The van der Waals surface area contributed by atoms with Crippen LogP contribution in [0.1, 0.15) is 64.7 Å². The van der Waals surface area contributed by atoms with Crippen LogP contribution in [0, 0.1) is 11.3 Å². The lowest BCUT2D eigenvalue weighted by Crippen LogP contribution is -2.57. The lowest BCUT2D eigenvalue weighted by atomic mass is 9.62. The van der Waals surface area contributed by atoms with Crippen LogP contribution in [0.5, 0.6) is 0 Å². The van der Waals surface area contributed by atoms with Gasteiger partial charge < -0.3 is 9.84 Å². The highest BCUT2D eigenvalue weighted by Crippen LogP contribution is 2.55. The smallest absolute Gasteiger partial charge is 0.0684 e. The second-order valence-electron chi connectivity index (χ2n) is 6.71. The maximum Gasteiger partial charge on any atom is 0.0684 e. The van der Waals surface area contributed by atoms with E-state index in [9.17, 15) is 5.11 Å². The van der Waals surface area contributed by atoms with Crippen LogP contribution in [0.25, 0.3) is 0 Å². The molecule has 17 heavy (non-hydrogen) atoms. The molecule has 0 aromatic heterocycles. The molecule has 0 amide bonds. The molecule has 0 heterocycles. The molecule has 0 aromatic rings. The van der Waals surface area contributed by atoms with Gasteiger partial charge in [-0.25, -0.2) is 0 Å². The first-order chi connectivity index (χ1) is 8.21. The highest BCUT2D eigenvalue weighted by molar-refractivity contribution is 5.06. The minimum atomic E-state index is -0.0731. The maximum absolute atomic E-state index is 10.1. The van der Waals surface area contributed by atoms with Crippen molar-refractivity contribution in [1.29, 1.82) is 0 Å². The second kappa shape index (κ2) is 4.55. The van der Waals surface area contributed by atoms with Crippen molar-refractivity contribution >= 4 is 0 Å². The molecule has 3 aliphatic rings. The van der Waals surface area contributed by atoms with Gasteiger partial charge in [-0.15, -0.1) is 0 Å². The van der Waals surface area contributed by atoms with Crippen LogP contribution in [0.15, 0.2) is 0 Å². The zero-order chi connectivity index (χ0) is 11.9. The molecule has 4 unspecified atom stereocenters. The molecule has 4 atom stereocenters. The Bertz CT molecular complexity index is 270. The zero-order valence-corrected chi connectivity index (χ0v) is 11.0. The van der Waals surface area contributed by atoms with Crippen molar-refractivity contribution in [2.75, 3.05) is 0 Å². The molecular weight excluding hydrogens is 212 g/mol. The molecule has 0 radical (unpaired) electrons. The molecule has 1 N–H and O–H groups in total. The molecule has 3 rings (SSSR count). The molecular formula is C15H26O2. The Morgan fingerprint density at radius 1 is 1.06 bits per heavy atom. The fourth-order valence-corrected chi connectivity index (χ4v) is 4.34. The molecule has 1 spiro atoms. The summed E-state index contributed by atoms with van der Waals surface area (Å²) in [6.07, 6.45) is 11.8. The van der Waals surface area contributed by atoms with Crippen LogP contribution in [0.4, 0.5) is 0 Å². The SMILES string of the molecule is CC1CCCC(OC2CC(O)C23CCCC3)C1. The molecule has 0 aromatic carbocycles. The third kappa shape index (κ3) is 2.04. The number of aliphatic hydroxyl groups is 1.